The van der Waals surface area contributed by atoms with Gasteiger partial charge in [0.25, 0.3) is 0 Å². The van der Waals surface area contributed by atoms with E-state index in [1.54, 1.807) is 19.1 Å². The quantitative estimate of drug-likeness (QED) is 0.535. The molecule has 4 saturated carbocycles. The maximum Gasteiger partial charge on any atom is 0.313 e. The van der Waals surface area contributed by atoms with Crippen LogP contribution in [0.2, 0.25) is 0 Å². The SMILES string of the molecule is CC(=O)NC12C[C@H]3C[C@@H](C1)CC(C(=O)O[C@@H](C(=O)c1ccccc1)c1ccccc1)(C3)C2. The first-order valence-corrected chi connectivity index (χ1v) is 11.5. The Balaban J connectivity index is 1.45. The number of amides is 1. The normalized spacial score (nSPS) is 31.0. The maximum atomic E-state index is 13.8. The third kappa shape index (κ3) is 3.74. The number of ether oxygens (including phenoxy) is 1. The Kier molecular flexibility index (Phi) is 5.15. The molecule has 2 aromatic carbocycles. The highest BCUT2D eigenvalue weighted by molar-refractivity contribution is 6.01. The van der Waals surface area contributed by atoms with Gasteiger partial charge >= 0.3 is 5.97 Å². The van der Waals surface area contributed by atoms with Crippen LogP contribution in [0.25, 0.3) is 0 Å². The van der Waals surface area contributed by atoms with E-state index in [2.05, 4.69) is 5.32 Å². The van der Waals surface area contributed by atoms with Crippen LogP contribution in [0.3, 0.4) is 0 Å². The second kappa shape index (κ2) is 7.88. The summed E-state index contributed by atoms with van der Waals surface area (Å²) in [5, 5.41) is 3.19. The lowest BCUT2D eigenvalue weighted by Crippen LogP contribution is -2.64. The average Bonchev–Trinajstić information content (AvgIpc) is 2.76. The molecule has 4 aliphatic carbocycles. The van der Waals surface area contributed by atoms with Crippen molar-refractivity contribution in [1.29, 1.82) is 0 Å². The Bertz CT molecular complexity index is 1020. The van der Waals surface area contributed by atoms with E-state index in [9.17, 15) is 14.4 Å². The molecule has 0 spiro atoms. The van der Waals surface area contributed by atoms with Crippen molar-refractivity contribution in [2.45, 2.75) is 57.1 Å². The van der Waals surface area contributed by atoms with Crippen molar-refractivity contribution < 1.29 is 19.1 Å². The molecule has 4 fully saturated rings. The first-order valence-electron chi connectivity index (χ1n) is 11.5. The van der Waals surface area contributed by atoms with Gasteiger partial charge in [-0.3, -0.25) is 14.4 Å². The number of benzene rings is 2. The molecule has 2 aromatic rings. The molecule has 1 amide bonds. The van der Waals surface area contributed by atoms with Gasteiger partial charge in [0.15, 0.2) is 6.10 Å². The summed E-state index contributed by atoms with van der Waals surface area (Å²) in [4.78, 5) is 39.1. The molecule has 5 atom stereocenters. The van der Waals surface area contributed by atoms with Crippen molar-refractivity contribution in [1.82, 2.24) is 5.32 Å². The number of esters is 1. The van der Waals surface area contributed by atoms with E-state index in [0.29, 0.717) is 29.4 Å². The summed E-state index contributed by atoms with van der Waals surface area (Å²) in [7, 11) is 0. The molecule has 0 saturated heterocycles. The fourth-order valence-corrected chi connectivity index (χ4v) is 6.91. The third-order valence-corrected chi connectivity index (χ3v) is 7.56. The summed E-state index contributed by atoms with van der Waals surface area (Å²) in [6.07, 6.45) is 4.17. The Morgan fingerprint density at radius 3 is 2.09 bits per heavy atom. The average molecular weight is 432 g/mol. The van der Waals surface area contributed by atoms with Crippen molar-refractivity contribution >= 4 is 17.7 Å². The number of Topliss-reactive ketones (excluding diaryl/α,β-unsaturated/α-hetero) is 1. The topological polar surface area (TPSA) is 72.5 Å². The van der Waals surface area contributed by atoms with Crippen molar-refractivity contribution in [3.63, 3.8) is 0 Å². The minimum Gasteiger partial charge on any atom is -0.449 e. The van der Waals surface area contributed by atoms with Crippen molar-refractivity contribution in [3.05, 3.63) is 71.8 Å². The standard InChI is InChI=1S/C27H29NO4/c1-18(29)28-27-15-19-12-20(16-27)14-26(13-19,17-27)25(31)32-24(22-10-6-3-7-11-22)23(30)21-8-4-2-5-9-21/h2-11,19-20,24H,12-17H2,1H3,(H,28,29)/t19-,20+,24-,26?,27?/m1/s1. The van der Waals surface area contributed by atoms with Crippen LogP contribution in [0.5, 0.6) is 0 Å². The monoisotopic (exact) mass is 431 g/mol. The number of carbonyl (C=O) groups is 3. The molecule has 0 heterocycles. The molecular weight excluding hydrogens is 402 g/mol. The van der Waals surface area contributed by atoms with E-state index >= 15 is 0 Å². The summed E-state index contributed by atoms with van der Waals surface area (Å²) >= 11 is 0. The summed E-state index contributed by atoms with van der Waals surface area (Å²) in [5.74, 6) is 0.272. The second-order valence-corrected chi connectivity index (χ2v) is 10.1. The van der Waals surface area contributed by atoms with Crippen LogP contribution in [0.1, 0.15) is 67.5 Å². The number of rotatable bonds is 6. The van der Waals surface area contributed by atoms with E-state index in [4.69, 9.17) is 4.74 Å². The van der Waals surface area contributed by atoms with Crippen LogP contribution in [-0.2, 0) is 14.3 Å². The summed E-state index contributed by atoms with van der Waals surface area (Å²) in [6, 6.07) is 18.2. The number of nitrogens with one attached hydrogen (secondary N) is 1. The second-order valence-electron chi connectivity index (χ2n) is 10.1. The van der Waals surface area contributed by atoms with Crippen molar-refractivity contribution in [2.24, 2.45) is 17.3 Å². The minimum absolute atomic E-state index is 0.0446. The van der Waals surface area contributed by atoms with Gasteiger partial charge in [-0.2, -0.15) is 0 Å². The van der Waals surface area contributed by atoms with Crippen molar-refractivity contribution in [2.75, 3.05) is 0 Å². The van der Waals surface area contributed by atoms with Gasteiger partial charge in [-0.15, -0.1) is 0 Å². The number of ketones is 1. The van der Waals surface area contributed by atoms with Crippen molar-refractivity contribution in [3.8, 4) is 0 Å². The van der Waals surface area contributed by atoms with E-state index in [1.165, 1.54) is 0 Å². The van der Waals surface area contributed by atoms with Gasteiger partial charge in [0.1, 0.15) is 0 Å². The zero-order chi connectivity index (χ0) is 22.3. The smallest absolute Gasteiger partial charge is 0.313 e. The highest BCUT2D eigenvalue weighted by Gasteiger charge is 2.62. The molecule has 2 unspecified atom stereocenters. The highest BCUT2D eigenvalue weighted by atomic mass is 16.5. The Morgan fingerprint density at radius 1 is 0.906 bits per heavy atom. The van der Waals surface area contributed by atoms with Gasteiger partial charge in [0, 0.05) is 23.6 Å². The molecule has 5 nitrogen and oxygen atoms in total. The molecule has 0 aromatic heterocycles. The molecule has 6 rings (SSSR count). The molecule has 0 radical (unpaired) electrons. The van der Waals surface area contributed by atoms with Crippen LogP contribution < -0.4 is 5.32 Å². The number of hydrogen-bond acceptors (Lipinski definition) is 4. The van der Waals surface area contributed by atoms with Gasteiger partial charge in [-0.25, -0.2) is 0 Å². The fourth-order valence-electron chi connectivity index (χ4n) is 6.91. The predicted molar refractivity (Wildman–Crippen MR) is 120 cm³/mol. The minimum atomic E-state index is -0.976. The summed E-state index contributed by atoms with van der Waals surface area (Å²) in [5.41, 5.74) is 0.252. The van der Waals surface area contributed by atoms with Gasteiger partial charge in [0.05, 0.1) is 5.41 Å². The molecular formula is C27H29NO4. The summed E-state index contributed by atoms with van der Waals surface area (Å²) < 4.78 is 6.09. The van der Waals surface area contributed by atoms with Crippen LogP contribution >= 0.6 is 0 Å². The molecule has 5 heteroatoms. The lowest BCUT2D eigenvalue weighted by molar-refractivity contribution is -0.179. The van der Waals surface area contributed by atoms with Gasteiger partial charge < -0.3 is 10.1 Å². The number of hydrogen-bond donors (Lipinski definition) is 1. The molecule has 4 bridgehead atoms. The Labute approximate surface area is 188 Å². The largest absolute Gasteiger partial charge is 0.449 e. The molecule has 4 aliphatic rings. The maximum absolute atomic E-state index is 13.8. The summed E-state index contributed by atoms with van der Waals surface area (Å²) in [6.45, 7) is 1.55. The predicted octanol–water partition coefficient (Wildman–Crippen LogP) is 4.63. The van der Waals surface area contributed by atoms with Crippen LogP contribution in [0.15, 0.2) is 60.7 Å². The third-order valence-electron chi connectivity index (χ3n) is 7.56. The van der Waals surface area contributed by atoms with Gasteiger partial charge in [0.2, 0.25) is 11.7 Å². The number of carbonyl (C=O) groups excluding carboxylic acids is 3. The van der Waals surface area contributed by atoms with Gasteiger partial charge in [-0.1, -0.05) is 60.7 Å². The lowest BCUT2D eigenvalue weighted by Gasteiger charge is -2.60. The molecule has 0 aliphatic heterocycles. The highest BCUT2D eigenvalue weighted by Crippen LogP contribution is 2.62. The van der Waals surface area contributed by atoms with E-state index in [0.717, 1.165) is 32.1 Å². The van der Waals surface area contributed by atoms with Crippen LogP contribution in [0.4, 0.5) is 0 Å². The van der Waals surface area contributed by atoms with Crippen LogP contribution in [-0.4, -0.2) is 23.2 Å². The van der Waals surface area contributed by atoms with E-state index in [-0.39, 0.29) is 23.2 Å². The van der Waals surface area contributed by atoms with Crippen LogP contribution in [0, 0.1) is 17.3 Å². The fraction of sp³-hybridized carbons (Fsp3) is 0.444. The molecule has 32 heavy (non-hydrogen) atoms. The Hall–Kier alpha value is -2.95. The molecule has 1 N–H and O–H groups in total. The molecule has 166 valence electrons. The zero-order valence-electron chi connectivity index (χ0n) is 18.4. The Morgan fingerprint density at radius 2 is 1.50 bits per heavy atom. The lowest BCUT2D eigenvalue weighted by atomic mass is 9.47. The van der Waals surface area contributed by atoms with Gasteiger partial charge in [-0.05, 0) is 50.4 Å². The zero-order valence-corrected chi connectivity index (χ0v) is 18.4. The van der Waals surface area contributed by atoms with E-state index < -0.39 is 11.5 Å². The first kappa shape index (κ1) is 20.9. The van der Waals surface area contributed by atoms with E-state index in [1.807, 2.05) is 48.5 Å². The first-order chi connectivity index (χ1) is 15.4.